The first-order valence-electron chi connectivity index (χ1n) is 11.9. The molecule has 3 aromatic heterocycles. The molecule has 1 fully saturated rings. The maximum Gasteiger partial charge on any atom is 0.281 e. The van der Waals surface area contributed by atoms with Gasteiger partial charge in [-0.1, -0.05) is 47.3 Å². The minimum absolute atomic E-state index is 0.141. The summed E-state index contributed by atoms with van der Waals surface area (Å²) in [7, 11) is 0. The zero-order chi connectivity index (χ0) is 25.8. The van der Waals surface area contributed by atoms with E-state index in [9.17, 15) is 8.78 Å². The Morgan fingerprint density at radius 3 is 2.62 bits per heavy atom. The zero-order valence-corrected chi connectivity index (χ0v) is 20.3. The van der Waals surface area contributed by atoms with Crippen LogP contribution in [0, 0.1) is 0 Å². The number of benzene rings is 1. The average Bonchev–Trinajstić information content (AvgIpc) is 3.67. The number of aromatic nitrogens is 6. The Morgan fingerprint density at radius 2 is 1.95 bits per heavy atom. The Balaban J connectivity index is 1.48. The third kappa shape index (κ3) is 5.14. The summed E-state index contributed by atoms with van der Waals surface area (Å²) in [5.41, 5.74) is 3.46. The van der Waals surface area contributed by atoms with Crippen molar-refractivity contribution in [2.45, 2.75) is 26.1 Å². The second-order valence-corrected chi connectivity index (χ2v) is 8.61. The van der Waals surface area contributed by atoms with Gasteiger partial charge in [0.15, 0.2) is 5.69 Å². The minimum atomic E-state index is -0.746. The molecule has 0 saturated carbocycles. The first kappa shape index (κ1) is 24.4. The van der Waals surface area contributed by atoms with E-state index in [1.807, 2.05) is 24.3 Å². The van der Waals surface area contributed by atoms with Crippen molar-refractivity contribution in [2.24, 2.45) is 0 Å². The van der Waals surface area contributed by atoms with Crippen LogP contribution in [-0.2, 0) is 6.54 Å². The van der Waals surface area contributed by atoms with Crippen molar-refractivity contribution in [3.8, 4) is 34.2 Å². The van der Waals surface area contributed by atoms with Crippen molar-refractivity contribution in [1.82, 2.24) is 35.0 Å². The molecular formula is C27H25F2N7O. The van der Waals surface area contributed by atoms with E-state index in [0.29, 0.717) is 42.3 Å². The van der Waals surface area contributed by atoms with Crippen LogP contribution in [0.2, 0.25) is 0 Å². The number of halogens is 2. The molecule has 1 atom stereocenters. The van der Waals surface area contributed by atoms with Crippen LogP contribution in [0.1, 0.15) is 18.9 Å². The van der Waals surface area contributed by atoms with Crippen molar-refractivity contribution < 1.29 is 13.3 Å². The molecule has 1 aliphatic heterocycles. The van der Waals surface area contributed by atoms with Crippen LogP contribution in [-0.4, -0.2) is 54.3 Å². The Morgan fingerprint density at radius 1 is 1.16 bits per heavy atom. The van der Waals surface area contributed by atoms with Gasteiger partial charge in [0.1, 0.15) is 23.4 Å². The third-order valence-corrected chi connectivity index (χ3v) is 6.06. The lowest BCUT2D eigenvalue weighted by atomic mass is 10.1. The number of hydrogen-bond acceptors (Lipinski definition) is 7. The lowest BCUT2D eigenvalue weighted by Gasteiger charge is -2.14. The van der Waals surface area contributed by atoms with Crippen molar-refractivity contribution in [3.05, 3.63) is 85.0 Å². The summed E-state index contributed by atoms with van der Waals surface area (Å²) >= 11 is 0. The van der Waals surface area contributed by atoms with Gasteiger partial charge in [-0.15, -0.1) is 5.10 Å². The third-order valence-electron chi connectivity index (χ3n) is 6.06. The van der Waals surface area contributed by atoms with E-state index in [1.54, 1.807) is 43.6 Å². The van der Waals surface area contributed by atoms with Gasteiger partial charge in [-0.25, -0.2) is 13.5 Å². The second-order valence-electron chi connectivity index (χ2n) is 8.61. The number of rotatable bonds is 8. The quantitative estimate of drug-likeness (QED) is 0.295. The molecule has 0 N–H and O–H groups in total. The number of likely N-dealkylation sites (tertiary alicyclic amines) is 1. The smallest absolute Gasteiger partial charge is 0.281 e. The predicted octanol–water partition coefficient (Wildman–Crippen LogP) is 5.50. The van der Waals surface area contributed by atoms with Gasteiger partial charge in [-0.2, -0.15) is 4.98 Å². The second kappa shape index (κ2) is 10.8. The summed E-state index contributed by atoms with van der Waals surface area (Å²) in [6, 6.07) is 11.3. The summed E-state index contributed by atoms with van der Waals surface area (Å²) < 4.78 is 35.1. The van der Waals surface area contributed by atoms with Crippen molar-refractivity contribution in [3.63, 3.8) is 0 Å². The molecule has 5 rings (SSSR count). The Labute approximate surface area is 212 Å². The highest BCUT2D eigenvalue weighted by molar-refractivity contribution is 5.79. The van der Waals surface area contributed by atoms with E-state index in [2.05, 4.69) is 36.9 Å². The molecule has 188 valence electrons. The van der Waals surface area contributed by atoms with Crippen LogP contribution in [0.5, 0.6) is 0 Å². The van der Waals surface area contributed by atoms with E-state index in [-0.39, 0.29) is 11.6 Å². The number of allylic oxidation sites excluding steroid dienone is 5. The van der Waals surface area contributed by atoms with Crippen LogP contribution in [0.25, 0.3) is 39.9 Å². The number of pyridine rings is 1. The fraction of sp³-hybridized carbons (Fsp3) is 0.222. The van der Waals surface area contributed by atoms with Crippen LogP contribution >= 0.6 is 0 Å². The van der Waals surface area contributed by atoms with Crippen molar-refractivity contribution in [2.75, 3.05) is 13.1 Å². The Hall–Kier alpha value is -4.31. The van der Waals surface area contributed by atoms with Gasteiger partial charge >= 0.3 is 0 Å². The van der Waals surface area contributed by atoms with Crippen molar-refractivity contribution in [1.29, 1.82) is 0 Å². The van der Waals surface area contributed by atoms with Gasteiger partial charge < -0.3 is 4.52 Å². The fourth-order valence-corrected chi connectivity index (χ4v) is 4.26. The van der Waals surface area contributed by atoms with Crippen LogP contribution in [0.4, 0.5) is 8.78 Å². The van der Waals surface area contributed by atoms with Crippen LogP contribution in [0.15, 0.2) is 83.9 Å². The largest absolute Gasteiger partial charge is 0.332 e. The number of nitrogens with zero attached hydrogens (tertiary/aromatic N) is 7. The number of alkyl halides is 1. The molecule has 4 aromatic rings. The number of hydrogen-bond donors (Lipinski definition) is 0. The highest BCUT2D eigenvalue weighted by Crippen LogP contribution is 2.33. The lowest BCUT2D eigenvalue weighted by molar-refractivity contribution is 0.282. The molecule has 10 heteroatoms. The molecule has 1 aromatic carbocycles. The van der Waals surface area contributed by atoms with E-state index in [4.69, 9.17) is 4.52 Å². The summed E-state index contributed by atoms with van der Waals surface area (Å²) in [4.78, 5) is 10.7. The highest BCUT2D eigenvalue weighted by Gasteiger charge is 2.25. The molecule has 1 saturated heterocycles. The maximum absolute atomic E-state index is 14.7. The van der Waals surface area contributed by atoms with Gasteiger partial charge in [0.2, 0.25) is 5.82 Å². The van der Waals surface area contributed by atoms with E-state index in [1.165, 1.54) is 4.68 Å². The Kier molecular flexibility index (Phi) is 7.09. The Bertz CT molecular complexity index is 1440. The summed E-state index contributed by atoms with van der Waals surface area (Å²) in [5, 5.41) is 12.6. The first-order valence-corrected chi connectivity index (χ1v) is 11.9. The van der Waals surface area contributed by atoms with Crippen molar-refractivity contribution >= 4 is 5.70 Å². The minimum Gasteiger partial charge on any atom is -0.332 e. The first-order chi connectivity index (χ1) is 18.1. The summed E-state index contributed by atoms with van der Waals surface area (Å²) in [6.07, 6.45) is 7.47. The molecule has 8 nitrogen and oxygen atoms in total. The van der Waals surface area contributed by atoms with Crippen LogP contribution < -0.4 is 0 Å². The van der Waals surface area contributed by atoms with Gasteiger partial charge in [-0.3, -0.25) is 9.88 Å². The zero-order valence-electron chi connectivity index (χ0n) is 20.3. The molecule has 0 amide bonds. The molecule has 0 unspecified atom stereocenters. The molecule has 0 aliphatic carbocycles. The average molecular weight is 502 g/mol. The predicted molar refractivity (Wildman–Crippen MR) is 136 cm³/mol. The SMILES string of the molecule is C=C/C(F)=C(\C=C/C)n1nnc(-c2nc(-c3ccc(CN4CC[C@H](F)C4)cc3)no2)c1-c1ccncc1. The van der Waals surface area contributed by atoms with E-state index < -0.39 is 12.0 Å². The standard InChI is InChI=1S/C27H25F2N7O/c1-3-5-23(22(29)4-2)36-25(19-10-13-30-14-11-19)24(32-34-36)27-31-26(33-37-27)20-8-6-18(7-9-20)16-35-15-12-21(28)17-35/h3-11,13-14,21H,2,12,15-17H2,1H3/b5-3-,23-22-/t21-/m0/s1. The van der Waals surface area contributed by atoms with E-state index >= 15 is 0 Å². The van der Waals surface area contributed by atoms with E-state index in [0.717, 1.165) is 23.7 Å². The molecule has 1 aliphatic rings. The maximum atomic E-state index is 14.7. The summed E-state index contributed by atoms with van der Waals surface area (Å²) in [6.45, 7) is 7.24. The molecule has 0 radical (unpaired) electrons. The molecule has 0 bridgehead atoms. The van der Waals surface area contributed by atoms with Crippen LogP contribution in [0.3, 0.4) is 0 Å². The van der Waals surface area contributed by atoms with Gasteiger partial charge in [0.25, 0.3) is 5.89 Å². The normalized spacial score (nSPS) is 16.9. The topological polar surface area (TPSA) is 85.8 Å². The molecule has 0 spiro atoms. The molecule has 37 heavy (non-hydrogen) atoms. The van der Waals surface area contributed by atoms with Gasteiger partial charge in [0, 0.05) is 43.2 Å². The van der Waals surface area contributed by atoms with Gasteiger partial charge in [-0.05, 0) is 43.2 Å². The molecular weight excluding hydrogens is 476 g/mol. The fourth-order valence-electron chi connectivity index (χ4n) is 4.26. The van der Waals surface area contributed by atoms with Gasteiger partial charge in [0.05, 0.1) is 0 Å². The lowest BCUT2D eigenvalue weighted by Crippen LogP contribution is -2.20. The highest BCUT2D eigenvalue weighted by atomic mass is 19.1. The molecule has 4 heterocycles. The monoisotopic (exact) mass is 501 g/mol. The summed E-state index contributed by atoms with van der Waals surface area (Å²) in [5.74, 6) is -0.0440.